The van der Waals surface area contributed by atoms with Gasteiger partial charge in [0, 0.05) is 6.54 Å². The first kappa shape index (κ1) is 12.0. The lowest BCUT2D eigenvalue weighted by Gasteiger charge is -2.27. The van der Waals surface area contributed by atoms with E-state index in [-0.39, 0.29) is 6.10 Å². The number of aliphatic hydroxyl groups is 1. The third kappa shape index (κ3) is 4.43. The molecule has 2 nitrogen and oxygen atoms in total. The van der Waals surface area contributed by atoms with E-state index >= 15 is 0 Å². The lowest BCUT2D eigenvalue weighted by Crippen LogP contribution is -2.36. The van der Waals surface area contributed by atoms with Crippen LogP contribution in [0.1, 0.15) is 46.0 Å². The molecule has 1 aliphatic rings. The Morgan fingerprint density at radius 3 is 2.71 bits per heavy atom. The van der Waals surface area contributed by atoms with Crippen LogP contribution in [0.4, 0.5) is 0 Å². The second kappa shape index (κ2) is 6.41. The molecule has 1 saturated heterocycles. The average Bonchev–Trinajstić information content (AvgIpc) is 2.18. The highest BCUT2D eigenvalue weighted by Crippen LogP contribution is 2.19. The third-order valence-electron chi connectivity index (χ3n) is 3.16. The van der Waals surface area contributed by atoms with E-state index < -0.39 is 0 Å². The van der Waals surface area contributed by atoms with E-state index in [9.17, 15) is 5.11 Å². The first-order valence-corrected chi connectivity index (χ1v) is 6.09. The van der Waals surface area contributed by atoms with Gasteiger partial charge in [-0.25, -0.2) is 0 Å². The molecule has 0 aromatic rings. The zero-order chi connectivity index (χ0) is 10.4. The van der Waals surface area contributed by atoms with E-state index in [0.29, 0.717) is 5.92 Å². The highest BCUT2D eigenvalue weighted by atomic mass is 16.3. The number of piperidine rings is 1. The molecule has 0 aliphatic carbocycles. The summed E-state index contributed by atoms with van der Waals surface area (Å²) in [5, 5.41) is 13.3. The van der Waals surface area contributed by atoms with Gasteiger partial charge in [-0.1, -0.05) is 26.7 Å². The molecule has 2 heteroatoms. The van der Waals surface area contributed by atoms with Crippen molar-refractivity contribution in [3.63, 3.8) is 0 Å². The molecule has 0 amide bonds. The van der Waals surface area contributed by atoms with Crippen LogP contribution in [0.25, 0.3) is 0 Å². The second-order valence-corrected chi connectivity index (χ2v) is 5.00. The van der Waals surface area contributed by atoms with Gasteiger partial charge in [-0.3, -0.25) is 0 Å². The van der Waals surface area contributed by atoms with Gasteiger partial charge in [-0.2, -0.15) is 0 Å². The quantitative estimate of drug-likeness (QED) is 0.711. The SMILES string of the molecule is CC(C)CCCC(O)C1CCCNC1. The minimum absolute atomic E-state index is 0.0680. The Morgan fingerprint density at radius 1 is 1.36 bits per heavy atom. The molecule has 0 aromatic carbocycles. The van der Waals surface area contributed by atoms with Crippen LogP contribution in [0.5, 0.6) is 0 Å². The monoisotopic (exact) mass is 199 g/mol. The van der Waals surface area contributed by atoms with Gasteiger partial charge in [0.05, 0.1) is 6.10 Å². The maximum absolute atomic E-state index is 9.95. The lowest BCUT2D eigenvalue weighted by molar-refractivity contribution is 0.0809. The smallest absolute Gasteiger partial charge is 0.0580 e. The Labute approximate surface area is 88.1 Å². The minimum atomic E-state index is -0.0680. The summed E-state index contributed by atoms with van der Waals surface area (Å²) in [4.78, 5) is 0. The molecule has 1 rings (SSSR count). The summed E-state index contributed by atoms with van der Waals surface area (Å²) in [7, 11) is 0. The topological polar surface area (TPSA) is 32.3 Å². The average molecular weight is 199 g/mol. The summed E-state index contributed by atoms with van der Waals surface area (Å²) < 4.78 is 0. The molecule has 0 saturated carbocycles. The number of hydrogen-bond acceptors (Lipinski definition) is 2. The minimum Gasteiger partial charge on any atom is -0.393 e. The highest BCUT2D eigenvalue weighted by molar-refractivity contribution is 4.75. The Balaban J connectivity index is 2.10. The Kier molecular flexibility index (Phi) is 5.49. The molecule has 0 radical (unpaired) electrons. The summed E-state index contributed by atoms with van der Waals surface area (Å²) in [5.74, 6) is 1.28. The first-order valence-electron chi connectivity index (χ1n) is 6.09. The highest BCUT2D eigenvalue weighted by Gasteiger charge is 2.20. The van der Waals surface area contributed by atoms with Crippen LogP contribution < -0.4 is 5.32 Å². The van der Waals surface area contributed by atoms with Crippen molar-refractivity contribution in [2.75, 3.05) is 13.1 Å². The predicted octanol–water partition coefficient (Wildman–Crippen LogP) is 2.17. The number of hydrogen-bond donors (Lipinski definition) is 2. The fraction of sp³-hybridized carbons (Fsp3) is 1.00. The van der Waals surface area contributed by atoms with Crippen molar-refractivity contribution in [1.82, 2.24) is 5.32 Å². The third-order valence-corrected chi connectivity index (χ3v) is 3.16. The molecule has 2 unspecified atom stereocenters. The maximum Gasteiger partial charge on any atom is 0.0580 e. The first-order chi connectivity index (χ1) is 6.70. The van der Waals surface area contributed by atoms with Crippen molar-refractivity contribution in [2.24, 2.45) is 11.8 Å². The molecule has 84 valence electrons. The molecule has 1 fully saturated rings. The van der Waals surface area contributed by atoms with Gasteiger partial charge in [0.2, 0.25) is 0 Å². The lowest BCUT2D eigenvalue weighted by atomic mass is 9.90. The Hall–Kier alpha value is -0.0800. The summed E-state index contributed by atoms with van der Waals surface area (Å²) >= 11 is 0. The number of aliphatic hydroxyl groups excluding tert-OH is 1. The molecule has 1 heterocycles. The van der Waals surface area contributed by atoms with Crippen LogP contribution in [0.15, 0.2) is 0 Å². The van der Waals surface area contributed by atoms with Crippen LogP contribution in [0.2, 0.25) is 0 Å². The molecule has 1 aliphatic heterocycles. The molecule has 14 heavy (non-hydrogen) atoms. The van der Waals surface area contributed by atoms with Crippen molar-refractivity contribution in [2.45, 2.75) is 52.1 Å². The van der Waals surface area contributed by atoms with Gasteiger partial charge >= 0.3 is 0 Å². The van der Waals surface area contributed by atoms with Gasteiger partial charge in [-0.15, -0.1) is 0 Å². The van der Waals surface area contributed by atoms with Crippen molar-refractivity contribution in [3.05, 3.63) is 0 Å². The second-order valence-electron chi connectivity index (χ2n) is 5.00. The van der Waals surface area contributed by atoms with Crippen LogP contribution in [0, 0.1) is 11.8 Å². The Bertz CT molecular complexity index is 141. The largest absolute Gasteiger partial charge is 0.393 e. The van der Waals surface area contributed by atoms with Gasteiger partial charge in [0.25, 0.3) is 0 Å². The van der Waals surface area contributed by atoms with Crippen molar-refractivity contribution >= 4 is 0 Å². The fourth-order valence-electron chi connectivity index (χ4n) is 2.18. The molecule has 2 atom stereocenters. The van der Waals surface area contributed by atoms with E-state index in [2.05, 4.69) is 19.2 Å². The van der Waals surface area contributed by atoms with Crippen LogP contribution in [-0.2, 0) is 0 Å². The van der Waals surface area contributed by atoms with Crippen LogP contribution in [-0.4, -0.2) is 24.3 Å². The number of rotatable bonds is 5. The zero-order valence-corrected chi connectivity index (χ0v) is 9.63. The molecule has 0 aromatic heterocycles. The molecular formula is C12H25NO. The van der Waals surface area contributed by atoms with Crippen LogP contribution >= 0.6 is 0 Å². The van der Waals surface area contributed by atoms with Crippen molar-refractivity contribution in [1.29, 1.82) is 0 Å². The maximum atomic E-state index is 9.95. The van der Waals surface area contributed by atoms with Gasteiger partial charge in [0.15, 0.2) is 0 Å². The summed E-state index contributed by atoms with van der Waals surface area (Å²) in [5.41, 5.74) is 0. The number of nitrogens with one attached hydrogen (secondary N) is 1. The van der Waals surface area contributed by atoms with Crippen LogP contribution in [0.3, 0.4) is 0 Å². The molecule has 0 bridgehead atoms. The van der Waals surface area contributed by atoms with E-state index in [1.165, 1.54) is 25.7 Å². The standard InChI is InChI=1S/C12H25NO/c1-10(2)5-3-7-12(14)11-6-4-8-13-9-11/h10-14H,3-9H2,1-2H3. The van der Waals surface area contributed by atoms with E-state index in [1.807, 2.05) is 0 Å². The van der Waals surface area contributed by atoms with Gasteiger partial charge < -0.3 is 10.4 Å². The van der Waals surface area contributed by atoms with E-state index in [4.69, 9.17) is 0 Å². The van der Waals surface area contributed by atoms with Crippen molar-refractivity contribution < 1.29 is 5.11 Å². The normalized spacial score (nSPS) is 25.3. The summed E-state index contributed by atoms with van der Waals surface area (Å²) in [6.07, 6.45) is 5.78. The summed E-state index contributed by atoms with van der Waals surface area (Å²) in [6.45, 7) is 6.64. The zero-order valence-electron chi connectivity index (χ0n) is 9.63. The Morgan fingerprint density at radius 2 is 2.14 bits per heavy atom. The van der Waals surface area contributed by atoms with Gasteiger partial charge in [-0.05, 0) is 37.6 Å². The van der Waals surface area contributed by atoms with Gasteiger partial charge in [0.1, 0.15) is 0 Å². The van der Waals surface area contributed by atoms with E-state index in [1.54, 1.807) is 0 Å². The molecule has 2 N–H and O–H groups in total. The van der Waals surface area contributed by atoms with Crippen molar-refractivity contribution in [3.8, 4) is 0 Å². The van der Waals surface area contributed by atoms with E-state index in [0.717, 1.165) is 25.4 Å². The predicted molar refractivity (Wildman–Crippen MR) is 60.3 cm³/mol. The molecule has 0 spiro atoms. The summed E-state index contributed by atoms with van der Waals surface area (Å²) in [6, 6.07) is 0. The fourth-order valence-corrected chi connectivity index (χ4v) is 2.18. The molecular weight excluding hydrogens is 174 g/mol.